The number of aliphatic hydroxyl groups excluding tert-OH is 5. The van der Waals surface area contributed by atoms with E-state index >= 15 is 0 Å². The van der Waals surface area contributed by atoms with Crippen molar-refractivity contribution >= 4 is 65.3 Å². The van der Waals surface area contributed by atoms with Crippen LogP contribution in [0, 0.1) is 0 Å². The van der Waals surface area contributed by atoms with Gasteiger partial charge >= 0.3 is 53.5 Å². The number of ether oxygens (including phenoxy) is 9. The van der Waals surface area contributed by atoms with Crippen LogP contribution in [-0.4, -0.2) is 226 Å². The minimum Gasteiger partial charge on any atom is -0.497 e. The Balaban J connectivity index is 1.59. The summed E-state index contributed by atoms with van der Waals surface area (Å²) in [5, 5.41) is 62.1. The summed E-state index contributed by atoms with van der Waals surface area (Å²) in [5.41, 5.74) is 0. The van der Waals surface area contributed by atoms with E-state index < -0.39 is 201 Å². The van der Waals surface area contributed by atoms with Gasteiger partial charge in [0.25, 0.3) is 0 Å². The van der Waals surface area contributed by atoms with Gasteiger partial charge in [0.1, 0.15) is 84.6 Å². The molecular formula is C35H56N8O36S4. The third-order valence-electron chi connectivity index (χ3n) is 11.7. The normalized spacial score (nSPS) is 34.4. The molecule has 1 aromatic rings. The molecule has 0 spiro atoms. The molecule has 4 aliphatic heterocycles. The number of carbonyl (C=O) groups excluding carboxylic acids is 4. The largest absolute Gasteiger partial charge is 0.497 e. The third kappa shape index (κ3) is 17.8. The van der Waals surface area contributed by atoms with E-state index in [9.17, 15) is 78.4 Å². The standard InChI is InChI=1S/C35H56N8O36S4/c1-10(44)42-16-19(47)18(46)14(8-62-80(53,54)76-38)65-32(16)68-25-22(50)27(75-83(59,60)79-41)35(71-29(25)31(52)73-37)67-23-15(9-63-81(55,56)77-39)66-33(17(20(23)48)43-11(2)45)69-24-21(49)26(74-82(57,58)78-40)34(70-28(24)30(51)72-36)64-13-6-4-12(61-3)5-7-13/h4-7,14-29,32-35,46-50H,8-9,36-41H2,1-3H3,(H,42,44)(H,43,45)/t14?,15?,16?,17?,18-,19-,20-,21-,22-,23-,24-,25+,26?,27?,28?,29?,32-,33-,34-,35-/m1/s1. The van der Waals surface area contributed by atoms with Crippen LogP contribution in [0.3, 0.4) is 0 Å². The number of benzene rings is 1. The van der Waals surface area contributed by atoms with E-state index in [1.54, 1.807) is 0 Å². The minimum absolute atomic E-state index is 0.175. The molecule has 4 saturated heterocycles. The van der Waals surface area contributed by atoms with Gasteiger partial charge in [0.05, 0.1) is 20.3 Å². The van der Waals surface area contributed by atoms with Crippen LogP contribution in [-0.2, 0) is 137 Å². The van der Waals surface area contributed by atoms with Crippen molar-refractivity contribution in [2.45, 2.75) is 137 Å². The summed E-state index contributed by atoms with van der Waals surface area (Å²) >= 11 is 0. The quantitative estimate of drug-likeness (QED) is 0.0364. The molecule has 48 heteroatoms. The molecule has 0 aliphatic carbocycles. The number of methoxy groups -OCH3 is 1. The fraction of sp³-hybridized carbons (Fsp3) is 0.714. The summed E-state index contributed by atoms with van der Waals surface area (Å²) < 4.78 is 185. The smallest absolute Gasteiger partial charge is 0.416 e. The van der Waals surface area contributed by atoms with Crippen molar-refractivity contribution in [3.05, 3.63) is 24.3 Å². The Labute approximate surface area is 467 Å². The van der Waals surface area contributed by atoms with E-state index in [1.807, 2.05) is 0 Å². The van der Waals surface area contributed by atoms with Crippen molar-refractivity contribution in [3.8, 4) is 11.5 Å². The number of nitrogens with two attached hydrogens (primary N) is 6. The Morgan fingerprint density at radius 2 is 0.867 bits per heavy atom. The van der Waals surface area contributed by atoms with Crippen LogP contribution >= 0.6 is 0 Å². The molecule has 0 aromatic heterocycles. The second-order valence-electron chi connectivity index (χ2n) is 17.0. The summed E-state index contributed by atoms with van der Waals surface area (Å²) in [7, 11) is -20.0. The summed E-state index contributed by atoms with van der Waals surface area (Å²) in [5.74, 6) is 24.1. The van der Waals surface area contributed by atoms with Gasteiger partial charge in [0.2, 0.25) is 18.1 Å². The first-order chi connectivity index (χ1) is 38.8. The van der Waals surface area contributed by atoms with Gasteiger partial charge in [0, 0.05) is 13.8 Å². The number of amides is 2. The molecule has 1 aromatic carbocycles. The lowest BCUT2D eigenvalue weighted by Crippen LogP contribution is -2.71. The van der Waals surface area contributed by atoms with Crippen molar-refractivity contribution in [3.63, 3.8) is 0 Å². The van der Waals surface area contributed by atoms with E-state index in [0.717, 1.165) is 13.8 Å². The number of hydrogen-bond acceptors (Lipinski definition) is 42. The van der Waals surface area contributed by atoms with Crippen LogP contribution < -0.4 is 55.5 Å². The fourth-order valence-corrected chi connectivity index (χ4v) is 9.86. The van der Waals surface area contributed by atoms with Crippen molar-refractivity contribution in [2.75, 3.05) is 20.3 Å². The average Bonchev–Trinajstić information content (AvgIpc) is 2.49. The van der Waals surface area contributed by atoms with E-state index in [1.165, 1.54) is 31.4 Å². The van der Waals surface area contributed by atoms with Crippen LogP contribution in [0.2, 0.25) is 0 Å². The second-order valence-corrected chi connectivity index (χ2v) is 21.9. The van der Waals surface area contributed by atoms with Crippen LogP contribution in [0.25, 0.3) is 0 Å². The van der Waals surface area contributed by atoms with E-state index in [2.05, 4.69) is 47.5 Å². The van der Waals surface area contributed by atoms with E-state index in [0.29, 0.717) is 0 Å². The van der Waals surface area contributed by atoms with Crippen LogP contribution in [0.4, 0.5) is 0 Å². The number of rotatable bonds is 27. The molecule has 476 valence electrons. The molecule has 4 heterocycles. The molecule has 20 atom stereocenters. The fourth-order valence-electron chi connectivity index (χ4n) is 8.11. The van der Waals surface area contributed by atoms with E-state index in [-0.39, 0.29) is 11.5 Å². The predicted molar refractivity (Wildman–Crippen MR) is 247 cm³/mol. The first kappa shape index (κ1) is 69.2. The average molecular weight is 1290 g/mol. The zero-order valence-corrected chi connectivity index (χ0v) is 45.5. The van der Waals surface area contributed by atoms with Gasteiger partial charge in [-0.1, -0.05) is 0 Å². The topological polar surface area (TPSA) is 662 Å². The lowest BCUT2D eigenvalue weighted by molar-refractivity contribution is -0.367. The van der Waals surface area contributed by atoms with Gasteiger partial charge in [0.15, 0.2) is 43.3 Å². The Kier molecular flexibility index (Phi) is 24.4. The summed E-state index contributed by atoms with van der Waals surface area (Å²) in [4.78, 5) is 60.5. The molecule has 0 radical (unpaired) electrons. The number of nitrogens with one attached hydrogen (secondary N) is 2. The highest BCUT2D eigenvalue weighted by Crippen LogP contribution is 2.38. The molecule has 19 N–H and O–H groups in total. The summed E-state index contributed by atoms with van der Waals surface area (Å²) in [6.45, 7) is -1.10. The highest BCUT2D eigenvalue weighted by atomic mass is 32.3. The second kappa shape index (κ2) is 29.2. The van der Waals surface area contributed by atoms with Gasteiger partial charge in [-0.25, -0.2) is 26.3 Å². The van der Waals surface area contributed by atoms with Gasteiger partial charge < -0.3 is 88.5 Å². The zero-order chi connectivity index (χ0) is 62.1. The zero-order valence-electron chi connectivity index (χ0n) is 42.3. The molecule has 4 fully saturated rings. The molecule has 8 unspecified atom stereocenters. The molecule has 44 nitrogen and oxygen atoms in total. The highest BCUT2D eigenvalue weighted by Gasteiger charge is 2.60. The predicted octanol–water partition coefficient (Wildman–Crippen LogP) is -11.9. The van der Waals surface area contributed by atoms with Gasteiger partial charge in [-0.3, -0.25) is 9.59 Å². The van der Waals surface area contributed by atoms with Crippen LogP contribution in [0.5, 0.6) is 11.5 Å². The number of aliphatic hydroxyl groups is 5. The van der Waals surface area contributed by atoms with Crippen molar-refractivity contribution < 1.29 is 165 Å². The molecule has 0 bridgehead atoms. The number of carbonyl (C=O) groups is 4. The first-order valence-electron chi connectivity index (χ1n) is 22.6. The SMILES string of the molecule is COc1ccc(O[C@@H]2OC(C(=O)ON)[C@H](O[C@H]3OC(COS(=O)(=O)ON)[C@@H](O[C@@H]4OC(C(=O)ON)[C@@H](O[C@H]5OC(COS(=O)(=O)ON)[C@@H](O)[C@H](O)C5NC(C)=O)[C@@H](O)C4OS(=O)(=O)ON)[C@H](O)C3NC(C)=O)[C@@H](O)C2OS(=O)(=O)ON)cc1. The summed E-state index contributed by atoms with van der Waals surface area (Å²) in [6, 6.07) is 0.924. The highest BCUT2D eigenvalue weighted by molar-refractivity contribution is 7.82. The first-order valence-corrected chi connectivity index (χ1v) is 28.0. The van der Waals surface area contributed by atoms with Crippen LogP contribution in [0.1, 0.15) is 13.8 Å². The van der Waals surface area contributed by atoms with Gasteiger partial charge in [-0.2, -0.15) is 86.2 Å². The molecule has 4 aliphatic rings. The maximum atomic E-state index is 13.5. The minimum atomic E-state index is -5.63. The Morgan fingerprint density at radius 1 is 0.482 bits per heavy atom. The Hall–Kier alpha value is -4.54. The maximum Gasteiger partial charge on any atom is 0.416 e. The van der Waals surface area contributed by atoms with Crippen molar-refractivity contribution in [1.29, 1.82) is 0 Å². The van der Waals surface area contributed by atoms with Crippen molar-refractivity contribution in [2.24, 2.45) is 35.4 Å². The number of hydrogen-bond donors (Lipinski definition) is 13. The lowest BCUT2D eigenvalue weighted by Gasteiger charge is -2.50. The molecule has 5 rings (SSSR count). The van der Waals surface area contributed by atoms with Gasteiger partial charge in [-0.05, 0) is 24.3 Å². The maximum absolute atomic E-state index is 13.5. The molecule has 2 amide bonds. The monoisotopic (exact) mass is 1290 g/mol. The summed E-state index contributed by atoms with van der Waals surface area (Å²) in [6.07, 6.45) is -44.4. The van der Waals surface area contributed by atoms with Crippen LogP contribution in [0.15, 0.2) is 24.3 Å². The van der Waals surface area contributed by atoms with E-state index in [4.69, 9.17) is 84.7 Å². The Bertz CT molecular complexity index is 2830. The van der Waals surface area contributed by atoms with Crippen molar-refractivity contribution in [1.82, 2.24) is 10.6 Å². The molecular weight excluding hydrogens is 1240 g/mol. The van der Waals surface area contributed by atoms with Gasteiger partial charge in [-0.15, -0.1) is 0 Å². The lowest BCUT2D eigenvalue weighted by atomic mass is 9.94. The molecule has 83 heavy (non-hydrogen) atoms. The third-order valence-corrected chi connectivity index (χ3v) is 14.4. The molecule has 0 saturated carbocycles. The Morgan fingerprint density at radius 3 is 1.29 bits per heavy atom.